The molecule has 0 saturated carbocycles. The normalized spacial score (nSPS) is 11.1. The van der Waals surface area contributed by atoms with Gasteiger partial charge in [0.15, 0.2) is 0 Å². The molecule has 0 aromatic heterocycles. The Morgan fingerprint density at radius 3 is 2.58 bits per heavy atom. The Bertz CT molecular complexity index is 377. The predicted octanol–water partition coefficient (Wildman–Crippen LogP) is 2.82. The molecular formula is C16H28N2O. The van der Waals surface area contributed by atoms with E-state index in [0.717, 1.165) is 26.2 Å². The second-order valence-corrected chi connectivity index (χ2v) is 5.47. The van der Waals surface area contributed by atoms with E-state index in [1.54, 1.807) is 7.11 Å². The minimum Gasteiger partial charge on any atom is -0.383 e. The molecule has 3 heteroatoms. The van der Waals surface area contributed by atoms with Crippen LogP contribution in [0.4, 0.5) is 5.69 Å². The van der Waals surface area contributed by atoms with E-state index >= 15 is 0 Å². The van der Waals surface area contributed by atoms with Gasteiger partial charge in [-0.1, -0.05) is 19.9 Å². The van der Waals surface area contributed by atoms with Crippen LogP contribution in [0.25, 0.3) is 0 Å². The maximum atomic E-state index is 5.22. The number of methoxy groups -OCH3 is 1. The van der Waals surface area contributed by atoms with Gasteiger partial charge in [-0.2, -0.15) is 0 Å². The van der Waals surface area contributed by atoms with E-state index in [4.69, 9.17) is 4.74 Å². The van der Waals surface area contributed by atoms with Crippen LogP contribution in [-0.2, 0) is 11.3 Å². The number of benzene rings is 1. The molecule has 1 N–H and O–H groups in total. The van der Waals surface area contributed by atoms with Gasteiger partial charge >= 0.3 is 0 Å². The fourth-order valence-corrected chi connectivity index (χ4v) is 2.23. The lowest BCUT2D eigenvalue weighted by molar-refractivity contribution is 0.204. The molecule has 0 spiro atoms. The first-order valence-corrected chi connectivity index (χ1v) is 7.06. The van der Waals surface area contributed by atoms with Gasteiger partial charge in [0, 0.05) is 32.4 Å². The quantitative estimate of drug-likeness (QED) is 0.781. The average molecular weight is 264 g/mol. The van der Waals surface area contributed by atoms with E-state index < -0.39 is 0 Å². The van der Waals surface area contributed by atoms with Crippen LogP contribution in [0.5, 0.6) is 0 Å². The van der Waals surface area contributed by atoms with E-state index in [9.17, 15) is 0 Å². The van der Waals surface area contributed by atoms with Crippen LogP contribution in [0.1, 0.15) is 25.0 Å². The van der Waals surface area contributed by atoms with Gasteiger partial charge in [-0.3, -0.25) is 0 Å². The Morgan fingerprint density at radius 1 is 1.32 bits per heavy atom. The lowest BCUT2D eigenvalue weighted by Gasteiger charge is -2.27. The molecule has 1 rings (SSSR count). The zero-order chi connectivity index (χ0) is 14.3. The van der Waals surface area contributed by atoms with Crippen LogP contribution in [0, 0.1) is 12.8 Å². The summed E-state index contributed by atoms with van der Waals surface area (Å²) in [7, 11) is 3.74. The first-order valence-electron chi connectivity index (χ1n) is 7.06. The molecule has 0 fully saturated rings. The summed E-state index contributed by atoms with van der Waals surface area (Å²) >= 11 is 0. The summed E-state index contributed by atoms with van der Waals surface area (Å²) in [6.45, 7) is 10.4. The molecular weight excluding hydrogens is 236 g/mol. The van der Waals surface area contributed by atoms with Crippen molar-refractivity contribution in [3.63, 3.8) is 0 Å². The van der Waals surface area contributed by atoms with Crippen molar-refractivity contribution >= 4 is 5.69 Å². The van der Waals surface area contributed by atoms with Gasteiger partial charge in [0.05, 0.1) is 6.61 Å². The molecule has 3 nitrogen and oxygen atoms in total. The van der Waals surface area contributed by atoms with Crippen LogP contribution < -0.4 is 10.2 Å². The summed E-state index contributed by atoms with van der Waals surface area (Å²) in [5.74, 6) is 0.647. The zero-order valence-electron chi connectivity index (χ0n) is 13.0. The molecule has 0 aliphatic carbocycles. The lowest BCUT2D eigenvalue weighted by atomic mass is 10.1. The van der Waals surface area contributed by atoms with Crippen molar-refractivity contribution in [2.45, 2.75) is 27.3 Å². The zero-order valence-corrected chi connectivity index (χ0v) is 13.0. The van der Waals surface area contributed by atoms with Crippen LogP contribution in [0.2, 0.25) is 0 Å². The molecule has 108 valence electrons. The van der Waals surface area contributed by atoms with Gasteiger partial charge < -0.3 is 15.0 Å². The molecule has 0 heterocycles. The van der Waals surface area contributed by atoms with Gasteiger partial charge in [-0.05, 0) is 43.1 Å². The second kappa shape index (κ2) is 8.18. The van der Waals surface area contributed by atoms with E-state index in [2.05, 4.69) is 49.2 Å². The molecule has 0 amide bonds. The van der Waals surface area contributed by atoms with Crippen molar-refractivity contribution in [1.29, 1.82) is 0 Å². The third-order valence-electron chi connectivity index (χ3n) is 3.21. The number of nitrogens with zero attached hydrogens (tertiary/aromatic N) is 1. The van der Waals surface area contributed by atoms with Crippen molar-refractivity contribution in [3.05, 3.63) is 29.3 Å². The first kappa shape index (κ1) is 16.0. The van der Waals surface area contributed by atoms with Crippen LogP contribution in [0.3, 0.4) is 0 Å². The lowest BCUT2D eigenvalue weighted by Crippen LogP contribution is -2.31. The Balaban J connectivity index is 2.85. The Kier molecular flexibility index (Phi) is 6.89. The number of ether oxygens (including phenoxy) is 1. The monoisotopic (exact) mass is 264 g/mol. The maximum absolute atomic E-state index is 5.22. The highest BCUT2D eigenvalue weighted by molar-refractivity contribution is 5.51. The number of hydrogen-bond donors (Lipinski definition) is 1. The summed E-state index contributed by atoms with van der Waals surface area (Å²) in [5.41, 5.74) is 4.00. The topological polar surface area (TPSA) is 24.5 Å². The number of nitrogens with one attached hydrogen (secondary N) is 1. The summed E-state index contributed by atoms with van der Waals surface area (Å²) in [5, 5.41) is 3.21. The van der Waals surface area contributed by atoms with Crippen LogP contribution in [0.15, 0.2) is 18.2 Å². The number of aryl methyl sites for hydroxylation is 1. The highest BCUT2D eigenvalue weighted by Crippen LogP contribution is 2.20. The molecule has 0 unspecified atom stereocenters. The van der Waals surface area contributed by atoms with Gasteiger partial charge in [-0.15, -0.1) is 0 Å². The van der Waals surface area contributed by atoms with Crippen molar-refractivity contribution in [3.8, 4) is 0 Å². The molecule has 0 aliphatic heterocycles. The third-order valence-corrected chi connectivity index (χ3v) is 3.21. The second-order valence-electron chi connectivity index (χ2n) is 5.47. The van der Waals surface area contributed by atoms with Crippen LogP contribution in [-0.4, -0.2) is 33.9 Å². The number of hydrogen-bond acceptors (Lipinski definition) is 3. The Hall–Kier alpha value is -1.06. The van der Waals surface area contributed by atoms with Crippen molar-refractivity contribution in [2.24, 2.45) is 5.92 Å². The molecule has 0 saturated heterocycles. The molecule has 0 atom stereocenters. The average Bonchev–Trinajstić information content (AvgIpc) is 2.36. The smallest absolute Gasteiger partial charge is 0.0637 e. The van der Waals surface area contributed by atoms with Gasteiger partial charge in [0.25, 0.3) is 0 Å². The van der Waals surface area contributed by atoms with E-state index in [1.807, 2.05) is 7.05 Å². The molecule has 1 aromatic carbocycles. The SMILES string of the molecule is CNCc1ccc(N(CCOC)CC(C)C)cc1C. The maximum Gasteiger partial charge on any atom is 0.0637 e. The van der Waals surface area contributed by atoms with Gasteiger partial charge in [0.2, 0.25) is 0 Å². The summed E-state index contributed by atoms with van der Waals surface area (Å²) in [4.78, 5) is 2.41. The minimum atomic E-state index is 0.647. The summed E-state index contributed by atoms with van der Waals surface area (Å²) in [6.07, 6.45) is 0. The number of anilines is 1. The summed E-state index contributed by atoms with van der Waals surface area (Å²) in [6, 6.07) is 6.73. The van der Waals surface area contributed by atoms with E-state index in [0.29, 0.717) is 5.92 Å². The Labute approximate surface area is 118 Å². The fraction of sp³-hybridized carbons (Fsp3) is 0.625. The molecule has 1 aromatic rings. The van der Waals surface area contributed by atoms with Gasteiger partial charge in [0.1, 0.15) is 0 Å². The standard InChI is InChI=1S/C16H28N2O/c1-13(2)12-18(8-9-19-5)16-7-6-15(11-17-4)14(3)10-16/h6-7,10,13,17H,8-9,11-12H2,1-5H3. The summed E-state index contributed by atoms with van der Waals surface area (Å²) < 4.78 is 5.22. The number of rotatable bonds is 8. The Morgan fingerprint density at radius 2 is 2.05 bits per heavy atom. The molecule has 0 aliphatic rings. The van der Waals surface area contributed by atoms with Crippen molar-refractivity contribution in [1.82, 2.24) is 5.32 Å². The largest absolute Gasteiger partial charge is 0.383 e. The van der Waals surface area contributed by atoms with Crippen molar-refractivity contribution < 1.29 is 4.74 Å². The van der Waals surface area contributed by atoms with E-state index in [1.165, 1.54) is 16.8 Å². The third kappa shape index (κ3) is 5.21. The minimum absolute atomic E-state index is 0.647. The van der Waals surface area contributed by atoms with Crippen LogP contribution >= 0.6 is 0 Å². The van der Waals surface area contributed by atoms with Crippen molar-refractivity contribution in [2.75, 3.05) is 38.8 Å². The highest BCUT2D eigenvalue weighted by Gasteiger charge is 2.09. The first-order chi connectivity index (χ1) is 9.08. The predicted molar refractivity (Wildman–Crippen MR) is 82.9 cm³/mol. The van der Waals surface area contributed by atoms with Gasteiger partial charge in [-0.25, -0.2) is 0 Å². The molecule has 0 bridgehead atoms. The van der Waals surface area contributed by atoms with E-state index in [-0.39, 0.29) is 0 Å². The highest BCUT2D eigenvalue weighted by atomic mass is 16.5. The fourth-order valence-electron chi connectivity index (χ4n) is 2.23. The molecule has 0 radical (unpaired) electrons. The molecule has 19 heavy (non-hydrogen) atoms.